The molecule has 9 nitrogen and oxygen atoms in total. The lowest BCUT2D eigenvalue weighted by molar-refractivity contribution is 0.0296. The van der Waals surface area contributed by atoms with Crippen LogP contribution in [0.4, 0.5) is 4.79 Å². The molecule has 1 N–H and O–H groups in total. The summed E-state index contributed by atoms with van der Waals surface area (Å²) < 4.78 is 11.2. The maximum atomic E-state index is 12.3. The van der Waals surface area contributed by atoms with E-state index in [9.17, 15) is 15.2 Å². The molecule has 2 aliphatic rings. The van der Waals surface area contributed by atoms with E-state index < -0.39 is 6.10 Å². The van der Waals surface area contributed by atoms with E-state index in [0.29, 0.717) is 54.5 Å². The van der Waals surface area contributed by atoms with Crippen LogP contribution < -0.4 is 4.74 Å². The lowest BCUT2D eigenvalue weighted by atomic mass is 10.0. The van der Waals surface area contributed by atoms with Gasteiger partial charge in [0, 0.05) is 16.7 Å². The molecule has 1 aliphatic heterocycles. The first-order valence-corrected chi connectivity index (χ1v) is 11.1. The number of amides is 2. The van der Waals surface area contributed by atoms with Gasteiger partial charge in [0.2, 0.25) is 5.82 Å². The molecule has 1 fully saturated rings. The average molecular weight is 457 g/mol. The number of urea groups is 1. The number of nitrogens with zero attached hydrogens (tertiary/aromatic N) is 5. The second-order valence-corrected chi connectivity index (χ2v) is 8.64. The highest BCUT2D eigenvalue weighted by Gasteiger charge is 2.30. The molecule has 1 saturated heterocycles. The van der Waals surface area contributed by atoms with Gasteiger partial charge in [-0.05, 0) is 50.5 Å². The van der Waals surface area contributed by atoms with Crippen LogP contribution >= 0.6 is 0 Å². The zero-order chi connectivity index (χ0) is 23.8. The molecule has 1 aliphatic carbocycles. The Bertz CT molecular complexity index is 1330. The summed E-state index contributed by atoms with van der Waals surface area (Å²) in [7, 11) is 0. The minimum atomic E-state index is -0.456. The van der Waals surface area contributed by atoms with Crippen LogP contribution in [0.1, 0.15) is 37.0 Å². The quantitative estimate of drug-likeness (QED) is 0.635. The van der Waals surface area contributed by atoms with Gasteiger partial charge in [0.25, 0.3) is 5.89 Å². The lowest BCUT2D eigenvalue weighted by Gasteiger charge is -2.34. The Kier molecular flexibility index (Phi) is 5.59. The topological polar surface area (TPSA) is 125 Å². The number of benzene rings is 2. The van der Waals surface area contributed by atoms with Gasteiger partial charge in [0.1, 0.15) is 11.8 Å². The standard InChI is InChI=1S/C25H23N5O4/c1-14(2)33-22-9-6-15(10-16(22)11-26)24-28-23(29-34-24)20-5-3-4-19-18(20)7-8-21(19)27-25(32)30-12-17(31)13-30/h3-6,9-10,14,17,31H,7-8,12-13H2,1-2H3/b27-21-. The summed E-state index contributed by atoms with van der Waals surface area (Å²) in [6.07, 6.45) is 0.850. The third-order valence-corrected chi connectivity index (χ3v) is 5.84. The first-order chi connectivity index (χ1) is 16.4. The predicted molar refractivity (Wildman–Crippen MR) is 123 cm³/mol. The van der Waals surface area contributed by atoms with Gasteiger partial charge >= 0.3 is 6.03 Å². The normalized spacial score (nSPS) is 16.4. The number of hydrogen-bond donors (Lipinski definition) is 1. The van der Waals surface area contributed by atoms with Gasteiger partial charge in [-0.1, -0.05) is 23.4 Å². The SMILES string of the molecule is CC(C)Oc1ccc(-c2nc(-c3cccc4c3CC/C4=N/C(=O)N3CC(O)C3)no2)cc1C#N. The minimum Gasteiger partial charge on any atom is -0.490 e. The van der Waals surface area contributed by atoms with Gasteiger partial charge in [0.15, 0.2) is 0 Å². The number of ether oxygens (including phenoxy) is 1. The number of hydrogen-bond acceptors (Lipinski definition) is 7. The molecule has 2 aromatic carbocycles. The molecule has 1 aromatic heterocycles. The number of aliphatic hydroxyl groups excluding tert-OH is 1. The van der Waals surface area contributed by atoms with E-state index in [1.54, 1.807) is 18.2 Å². The van der Waals surface area contributed by atoms with Crippen LogP contribution in [0.2, 0.25) is 0 Å². The summed E-state index contributed by atoms with van der Waals surface area (Å²) in [5.41, 5.74) is 4.50. The summed E-state index contributed by atoms with van der Waals surface area (Å²) >= 11 is 0. The first kappa shape index (κ1) is 21.8. The van der Waals surface area contributed by atoms with Crippen molar-refractivity contribution >= 4 is 11.7 Å². The Labute approximate surface area is 196 Å². The van der Waals surface area contributed by atoms with Crippen molar-refractivity contribution in [2.75, 3.05) is 13.1 Å². The van der Waals surface area contributed by atoms with Crippen LogP contribution in [-0.2, 0) is 6.42 Å². The van der Waals surface area contributed by atoms with Crippen molar-refractivity contribution < 1.29 is 19.2 Å². The van der Waals surface area contributed by atoms with Crippen molar-refractivity contribution in [1.82, 2.24) is 15.0 Å². The van der Waals surface area contributed by atoms with Gasteiger partial charge < -0.3 is 19.3 Å². The van der Waals surface area contributed by atoms with Crippen molar-refractivity contribution in [3.05, 3.63) is 53.1 Å². The van der Waals surface area contributed by atoms with Crippen molar-refractivity contribution in [2.45, 2.75) is 38.9 Å². The van der Waals surface area contributed by atoms with Gasteiger partial charge in [-0.25, -0.2) is 4.79 Å². The third kappa shape index (κ3) is 4.04. The number of aromatic nitrogens is 2. The van der Waals surface area contributed by atoms with E-state index >= 15 is 0 Å². The number of β-amino-alcohol motifs (C(OH)–C–C–N with tert-alkyl or cyclic N) is 1. The monoisotopic (exact) mass is 457 g/mol. The number of aliphatic hydroxyl groups is 1. The highest BCUT2D eigenvalue weighted by atomic mass is 16.5. The summed E-state index contributed by atoms with van der Waals surface area (Å²) in [5.74, 6) is 1.25. The molecule has 172 valence electrons. The minimum absolute atomic E-state index is 0.0469. The molecule has 0 spiro atoms. The van der Waals surface area contributed by atoms with Crippen LogP contribution in [0.5, 0.6) is 5.75 Å². The molecule has 0 bridgehead atoms. The zero-order valence-corrected chi connectivity index (χ0v) is 18.9. The molecule has 9 heteroatoms. The summed E-state index contributed by atoms with van der Waals surface area (Å²) in [6, 6.07) is 12.8. The van der Waals surface area contributed by atoms with Gasteiger partial charge in [-0.3, -0.25) is 0 Å². The number of nitriles is 1. The Morgan fingerprint density at radius 2 is 2.06 bits per heavy atom. The van der Waals surface area contributed by atoms with Crippen LogP contribution in [0.25, 0.3) is 22.8 Å². The Morgan fingerprint density at radius 1 is 1.26 bits per heavy atom. The van der Waals surface area contributed by atoms with Crippen LogP contribution in [0.15, 0.2) is 45.9 Å². The summed E-state index contributed by atoms with van der Waals surface area (Å²) in [6.45, 7) is 4.45. The molecule has 5 rings (SSSR count). The van der Waals surface area contributed by atoms with Crippen LogP contribution in [0, 0.1) is 11.3 Å². The fourth-order valence-corrected chi connectivity index (χ4v) is 4.19. The maximum Gasteiger partial charge on any atom is 0.343 e. The second-order valence-electron chi connectivity index (χ2n) is 8.64. The number of aliphatic imine (C=N–C) groups is 1. The molecule has 34 heavy (non-hydrogen) atoms. The number of likely N-dealkylation sites (tertiary alicyclic amines) is 1. The Balaban J connectivity index is 1.42. The Morgan fingerprint density at radius 3 is 2.79 bits per heavy atom. The van der Waals surface area contributed by atoms with Gasteiger partial charge in [0.05, 0.1) is 36.6 Å². The van der Waals surface area contributed by atoms with Crippen LogP contribution in [0.3, 0.4) is 0 Å². The molecular formula is C25H23N5O4. The Hall–Kier alpha value is -4.03. The highest BCUT2D eigenvalue weighted by Crippen LogP contribution is 2.33. The van der Waals surface area contributed by atoms with E-state index in [-0.39, 0.29) is 12.1 Å². The zero-order valence-electron chi connectivity index (χ0n) is 18.9. The molecule has 2 amide bonds. The van der Waals surface area contributed by atoms with E-state index in [0.717, 1.165) is 22.4 Å². The van der Waals surface area contributed by atoms with Crippen molar-refractivity contribution in [3.63, 3.8) is 0 Å². The van der Waals surface area contributed by atoms with Gasteiger partial charge in [-0.15, -0.1) is 0 Å². The molecule has 0 saturated carbocycles. The van der Waals surface area contributed by atoms with E-state index in [2.05, 4.69) is 21.2 Å². The van der Waals surface area contributed by atoms with Crippen LogP contribution in [-0.4, -0.2) is 57.2 Å². The van der Waals surface area contributed by atoms with Crippen molar-refractivity contribution in [3.8, 4) is 34.7 Å². The van der Waals surface area contributed by atoms with E-state index in [4.69, 9.17) is 9.26 Å². The third-order valence-electron chi connectivity index (χ3n) is 5.84. The first-order valence-electron chi connectivity index (χ1n) is 11.1. The van der Waals surface area contributed by atoms with E-state index in [1.807, 2.05) is 32.0 Å². The second kappa shape index (κ2) is 8.72. The fourth-order valence-electron chi connectivity index (χ4n) is 4.19. The maximum absolute atomic E-state index is 12.3. The van der Waals surface area contributed by atoms with Crippen molar-refractivity contribution in [1.29, 1.82) is 5.26 Å². The molecule has 0 radical (unpaired) electrons. The van der Waals surface area contributed by atoms with E-state index in [1.165, 1.54) is 4.90 Å². The van der Waals surface area contributed by atoms with Gasteiger partial charge in [-0.2, -0.15) is 15.2 Å². The smallest absolute Gasteiger partial charge is 0.343 e. The number of carbonyl (C=O) groups is 1. The molecule has 3 aromatic rings. The number of carbonyl (C=O) groups excluding carboxylic acids is 1. The summed E-state index contributed by atoms with van der Waals surface area (Å²) in [5, 5.41) is 23.1. The summed E-state index contributed by atoms with van der Waals surface area (Å²) in [4.78, 5) is 22.7. The number of fused-ring (bicyclic) bond motifs is 1. The number of rotatable bonds is 4. The fraction of sp³-hybridized carbons (Fsp3) is 0.320. The largest absolute Gasteiger partial charge is 0.490 e. The predicted octanol–water partition coefficient (Wildman–Crippen LogP) is 3.59. The molecule has 0 unspecified atom stereocenters. The average Bonchev–Trinajstić information content (AvgIpc) is 3.44. The molecule has 0 atom stereocenters. The lowest BCUT2D eigenvalue weighted by Crippen LogP contribution is -2.52. The highest BCUT2D eigenvalue weighted by molar-refractivity contribution is 6.10. The molecule has 2 heterocycles. The van der Waals surface area contributed by atoms with Crippen molar-refractivity contribution in [2.24, 2.45) is 4.99 Å². The molecular weight excluding hydrogens is 434 g/mol.